The van der Waals surface area contributed by atoms with Gasteiger partial charge >= 0.3 is 0 Å². The molecule has 8 aromatic rings. The summed E-state index contributed by atoms with van der Waals surface area (Å²) in [5.41, 5.74) is 14.5. The number of hydrogen-bond donors (Lipinski definition) is 4. The van der Waals surface area contributed by atoms with Crippen molar-refractivity contribution < 1.29 is 29.3 Å². The molecule has 14 nitrogen and oxygen atoms in total. The molecule has 0 aliphatic carbocycles. The van der Waals surface area contributed by atoms with Crippen molar-refractivity contribution in [2.45, 2.75) is 95.3 Å². The fourth-order valence-corrected chi connectivity index (χ4v) is 8.63. The summed E-state index contributed by atoms with van der Waals surface area (Å²) in [6.07, 6.45) is -2.02. The summed E-state index contributed by atoms with van der Waals surface area (Å²) in [6, 6.07) is 30.1. The molecular weight excluding hydrogens is 917 g/mol. The second-order valence-electron chi connectivity index (χ2n) is 18.8. The van der Waals surface area contributed by atoms with Crippen LogP contribution in [0.5, 0.6) is 23.0 Å². The van der Waals surface area contributed by atoms with E-state index in [4.69, 9.17) is 39.4 Å². The average Bonchev–Trinajstić information content (AvgIpc) is 3.34. The fraction of sp³-hybridized carbons (Fsp3) is 0.254. The number of aromatic hydroxyl groups is 2. The van der Waals surface area contributed by atoms with E-state index in [-0.39, 0.29) is 41.3 Å². The number of phenolic OH excluding ortho intramolecular Hbond substituents is 2. The summed E-state index contributed by atoms with van der Waals surface area (Å²) in [6.45, 7) is 23.0. The summed E-state index contributed by atoms with van der Waals surface area (Å²) in [7, 11) is 0. The summed E-state index contributed by atoms with van der Waals surface area (Å²) < 4.78 is 12.0. The molecule has 2 amide bonds. The van der Waals surface area contributed by atoms with Crippen molar-refractivity contribution in [1.29, 1.82) is 0 Å². The Morgan fingerprint density at radius 3 is 1.29 bits per heavy atom. The van der Waals surface area contributed by atoms with Gasteiger partial charge in [0.25, 0.3) is 11.8 Å². The van der Waals surface area contributed by atoms with Gasteiger partial charge < -0.3 is 30.3 Å². The van der Waals surface area contributed by atoms with Crippen LogP contribution < -0.4 is 20.1 Å². The van der Waals surface area contributed by atoms with Gasteiger partial charge in [0, 0.05) is 34.4 Å². The van der Waals surface area contributed by atoms with Crippen molar-refractivity contribution in [2.75, 3.05) is 6.67 Å². The quantitative estimate of drug-likeness (QED) is 0.0754. The van der Waals surface area contributed by atoms with Gasteiger partial charge in [-0.1, -0.05) is 83.4 Å². The fourth-order valence-electron chi connectivity index (χ4n) is 8.63. The third-order valence-corrected chi connectivity index (χ3v) is 13.1. The van der Waals surface area contributed by atoms with Crippen molar-refractivity contribution in [1.82, 2.24) is 40.5 Å². The first kappa shape index (κ1) is 50.9. The maximum atomic E-state index is 13.2. The van der Waals surface area contributed by atoms with Crippen LogP contribution in [0.15, 0.2) is 97.1 Å². The van der Waals surface area contributed by atoms with Crippen LogP contribution in [-0.2, 0) is 9.59 Å². The molecule has 4 N–H and O–H groups in total. The van der Waals surface area contributed by atoms with E-state index in [1.165, 1.54) is 12.1 Å². The van der Waals surface area contributed by atoms with Crippen LogP contribution in [0.2, 0.25) is 0 Å². The van der Waals surface area contributed by atoms with Gasteiger partial charge in [-0.05, 0) is 140 Å². The molecule has 0 radical (unpaired) electrons. The van der Waals surface area contributed by atoms with E-state index in [0.717, 1.165) is 72.3 Å². The van der Waals surface area contributed by atoms with Crippen molar-refractivity contribution >= 4 is 11.8 Å². The molecule has 0 bridgehead atoms. The normalized spacial score (nSPS) is 12.0. The lowest BCUT2D eigenvalue weighted by atomic mass is 9.98. The van der Waals surface area contributed by atoms with E-state index in [0.29, 0.717) is 40.0 Å². The number of hydrogen-bond acceptors (Lipinski definition) is 12. The minimum atomic E-state index is -1.01. The molecule has 2 atom stereocenters. The molecule has 372 valence electrons. The van der Waals surface area contributed by atoms with Gasteiger partial charge in [0.2, 0.25) is 0 Å². The van der Waals surface area contributed by atoms with Crippen LogP contribution in [0.1, 0.15) is 69.5 Å². The topological polar surface area (TPSA) is 194 Å². The van der Waals surface area contributed by atoms with Crippen LogP contribution in [0.4, 0.5) is 0 Å². The van der Waals surface area contributed by atoms with E-state index < -0.39 is 24.0 Å². The summed E-state index contributed by atoms with van der Waals surface area (Å²) in [5, 5.41) is 28.1. The Kier molecular flexibility index (Phi) is 14.7. The Bertz CT molecular complexity index is 3390. The van der Waals surface area contributed by atoms with Crippen LogP contribution >= 0.6 is 0 Å². The molecule has 2 heterocycles. The first-order chi connectivity index (χ1) is 34.7. The monoisotopic (exact) mass is 976 g/mol. The zero-order valence-electron chi connectivity index (χ0n) is 43.3. The zero-order chi connectivity index (χ0) is 52.4. The van der Waals surface area contributed by atoms with Gasteiger partial charge in [-0.25, -0.2) is 29.9 Å². The van der Waals surface area contributed by atoms with Gasteiger partial charge in [-0.2, -0.15) is 0 Å². The number of aromatic nitrogens is 6. The highest BCUT2D eigenvalue weighted by Crippen LogP contribution is 2.38. The predicted octanol–water partition coefficient (Wildman–Crippen LogP) is 11.0. The lowest BCUT2D eigenvalue weighted by molar-refractivity contribution is -0.129. The highest BCUT2D eigenvalue weighted by molar-refractivity contribution is 5.83. The lowest BCUT2D eigenvalue weighted by Gasteiger charge is -2.19. The Morgan fingerprint density at radius 1 is 0.425 bits per heavy atom. The lowest BCUT2D eigenvalue weighted by Crippen LogP contribution is -2.46. The summed E-state index contributed by atoms with van der Waals surface area (Å²) >= 11 is 0. The molecule has 0 spiro atoms. The second kappa shape index (κ2) is 21.1. The van der Waals surface area contributed by atoms with Crippen LogP contribution in [0, 0.1) is 69.2 Å². The first-order valence-corrected chi connectivity index (χ1v) is 24.1. The van der Waals surface area contributed by atoms with Gasteiger partial charge in [-0.15, -0.1) is 0 Å². The molecule has 2 aromatic heterocycles. The van der Waals surface area contributed by atoms with Gasteiger partial charge in [0.15, 0.2) is 47.2 Å². The second-order valence-corrected chi connectivity index (χ2v) is 18.8. The first-order valence-electron chi connectivity index (χ1n) is 24.1. The van der Waals surface area contributed by atoms with Crippen molar-refractivity contribution in [3.63, 3.8) is 0 Å². The maximum absolute atomic E-state index is 13.2. The molecule has 73 heavy (non-hydrogen) atoms. The maximum Gasteiger partial charge on any atom is 0.262 e. The van der Waals surface area contributed by atoms with Crippen molar-refractivity contribution in [2.24, 2.45) is 0 Å². The minimum Gasteiger partial charge on any atom is -0.507 e. The molecule has 0 fully saturated rings. The number of carbonyl (C=O) groups excluding carboxylic acids is 2. The highest BCUT2D eigenvalue weighted by Gasteiger charge is 2.23. The molecule has 2 unspecified atom stereocenters. The third-order valence-electron chi connectivity index (χ3n) is 13.1. The summed E-state index contributed by atoms with van der Waals surface area (Å²) in [5.74, 6) is 1.62. The number of benzene rings is 6. The average molecular weight is 977 g/mol. The van der Waals surface area contributed by atoms with E-state index in [1.807, 2.05) is 97.0 Å². The van der Waals surface area contributed by atoms with E-state index in [2.05, 4.69) is 42.7 Å². The van der Waals surface area contributed by atoms with Crippen molar-refractivity contribution in [3.8, 4) is 91.3 Å². The Hall–Kier alpha value is -8.52. The van der Waals surface area contributed by atoms with Crippen molar-refractivity contribution in [3.05, 3.63) is 153 Å². The Balaban J connectivity index is 0.920. The smallest absolute Gasteiger partial charge is 0.262 e. The molecule has 0 aliphatic rings. The number of amides is 2. The molecule has 0 saturated carbocycles. The number of phenols is 2. The number of carbonyl (C=O) groups is 2. The summed E-state index contributed by atoms with van der Waals surface area (Å²) in [4.78, 5) is 55.6. The van der Waals surface area contributed by atoms with Gasteiger partial charge in [0.05, 0.1) is 17.8 Å². The standard InChI is InChI=1S/C59H60N8O6/c1-30-13-18-43(34(5)23-30)52-62-53(44-19-14-31(2)24-35(44)6)66-57(65-52)48-26-37(8)51(28-50(48)69)73-41(12)59(71)61-29-60-58(70)40(11)72-42-17-22-47(49(68)27-42)56-64-54(45-20-15-32(3)25-36(45)7)63-55(67-56)46-21-16-33(4)38(9)39(46)10/h13-28,40-41,68-69H,29H2,1-12H3,(H,60,70)(H,61,71). The molecular formula is C59H60N8O6. The van der Waals surface area contributed by atoms with Gasteiger partial charge in [-0.3, -0.25) is 9.59 Å². The molecule has 14 heteroatoms. The van der Waals surface area contributed by atoms with Gasteiger partial charge in [0.1, 0.15) is 23.0 Å². The Labute approximate surface area is 426 Å². The number of aryl methyl sites for hydroxylation is 8. The highest BCUT2D eigenvalue weighted by atomic mass is 16.5. The van der Waals surface area contributed by atoms with E-state index in [9.17, 15) is 19.8 Å². The number of rotatable bonds is 14. The van der Waals surface area contributed by atoms with Crippen LogP contribution in [0.3, 0.4) is 0 Å². The third kappa shape index (κ3) is 11.2. The van der Waals surface area contributed by atoms with Crippen LogP contribution in [-0.4, -0.2) is 70.8 Å². The number of nitrogens with one attached hydrogen (secondary N) is 2. The van der Waals surface area contributed by atoms with E-state index in [1.54, 1.807) is 39.0 Å². The molecule has 0 aliphatic heterocycles. The molecule has 8 rings (SSSR count). The molecule has 0 saturated heterocycles. The number of ether oxygens (including phenoxy) is 2. The Morgan fingerprint density at radius 2 is 0.822 bits per heavy atom. The number of nitrogens with zero attached hydrogens (tertiary/aromatic N) is 6. The minimum absolute atomic E-state index is 0.146. The predicted molar refractivity (Wildman–Crippen MR) is 284 cm³/mol. The largest absolute Gasteiger partial charge is 0.507 e. The zero-order valence-corrected chi connectivity index (χ0v) is 43.3. The molecule has 6 aromatic carbocycles. The van der Waals surface area contributed by atoms with E-state index >= 15 is 0 Å². The SMILES string of the molecule is Cc1ccc(-c2nc(-c3ccc(C)cc3C)nc(-c3cc(C)c(OC(C)C(=O)NCNC(=O)C(C)Oc4ccc(-c5nc(-c6ccc(C)cc6C)nc(-c6ccc(C)c(C)c6C)n5)c(O)c4)cc3O)n2)c(C)c1. The van der Waals surface area contributed by atoms with Crippen LogP contribution in [0.25, 0.3) is 68.3 Å².